The van der Waals surface area contributed by atoms with Crippen LogP contribution in [0.3, 0.4) is 0 Å². The van der Waals surface area contributed by atoms with Gasteiger partial charge >= 0.3 is 0 Å². The number of aliphatic hydroxyl groups excluding tert-OH is 2. The van der Waals surface area contributed by atoms with Gasteiger partial charge in [0.05, 0.1) is 17.7 Å². The third-order valence-corrected chi connectivity index (χ3v) is 2.76. The van der Waals surface area contributed by atoms with E-state index in [2.05, 4.69) is 10.1 Å². The summed E-state index contributed by atoms with van der Waals surface area (Å²) in [6.07, 6.45) is 1.09. The molecule has 0 saturated heterocycles. The van der Waals surface area contributed by atoms with Crippen molar-refractivity contribution in [1.29, 1.82) is 0 Å². The maximum absolute atomic E-state index is 9.74. The van der Waals surface area contributed by atoms with Crippen LogP contribution >= 0.6 is 11.6 Å². The van der Waals surface area contributed by atoms with Crippen LogP contribution in [0, 0.1) is 0 Å². The molecule has 0 fully saturated rings. The molecule has 0 aliphatic heterocycles. The van der Waals surface area contributed by atoms with Gasteiger partial charge in [-0.3, -0.25) is 0 Å². The van der Waals surface area contributed by atoms with Crippen LogP contribution < -0.4 is 0 Å². The van der Waals surface area contributed by atoms with Gasteiger partial charge in [-0.1, -0.05) is 12.1 Å². The molecule has 5 nitrogen and oxygen atoms in total. The first-order chi connectivity index (χ1) is 8.22. The van der Waals surface area contributed by atoms with Crippen molar-refractivity contribution in [2.24, 2.45) is 0 Å². The number of hydrogen-bond acceptors (Lipinski definition) is 4. The number of halogens is 1. The number of rotatable bonds is 4. The molecule has 2 rings (SSSR count). The highest BCUT2D eigenvalue weighted by Crippen LogP contribution is 2.19. The lowest BCUT2D eigenvalue weighted by molar-refractivity contribution is 0.0327. The highest BCUT2D eigenvalue weighted by molar-refractivity contribution is 6.18. The van der Waals surface area contributed by atoms with E-state index in [0.29, 0.717) is 5.56 Å². The van der Waals surface area contributed by atoms with E-state index >= 15 is 0 Å². The zero-order valence-corrected chi connectivity index (χ0v) is 9.70. The topological polar surface area (TPSA) is 71.2 Å². The van der Waals surface area contributed by atoms with E-state index in [1.165, 1.54) is 6.33 Å². The minimum absolute atomic E-state index is 0.00794. The molecule has 0 aliphatic rings. The average Bonchev–Trinajstić information content (AvgIpc) is 2.91. The molecule has 0 radical (unpaired) electrons. The summed E-state index contributed by atoms with van der Waals surface area (Å²) in [6.45, 7) is 0. The Balaban J connectivity index is 2.18. The summed E-state index contributed by atoms with van der Waals surface area (Å²) >= 11 is 5.48. The standard InChI is InChI=1S/C11H12ClN3O2/c12-5-10(16)11(17)8-1-3-9(4-2-8)15-7-13-6-14-15/h1-4,6-7,10-11,16-17H,5H2. The van der Waals surface area contributed by atoms with Crippen LogP contribution in [0.2, 0.25) is 0 Å². The molecule has 90 valence electrons. The highest BCUT2D eigenvalue weighted by atomic mass is 35.5. The number of alkyl halides is 1. The van der Waals surface area contributed by atoms with E-state index in [-0.39, 0.29) is 5.88 Å². The predicted octanol–water partition coefficient (Wildman–Crippen LogP) is 0.900. The van der Waals surface area contributed by atoms with Gasteiger partial charge < -0.3 is 10.2 Å². The van der Waals surface area contributed by atoms with Crippen LogP contribution in [0.5, 0.6) is 0 Å². The molecular formula is C11H12ClN3O2. The first-order valence-corrected chi connectivity index (χ1v) is 5.63. The molecule has 2 unspecified atom stereocenters. The Bertz CT molecular complexity index is 458. The van der Waals surface area contributed by atoms with Crippen LogP contribution in [-0.4, -0.2) is 37.0 Å². The normalized spacial score (nSPS) is 14.5. The van der Waals surface area contributed by atoms with Crippen molar-refractivity contribution in [3.8, 4) is 5.69 Å². The summed E-state index contributed by atoms with van der Waals surface area (Å²) in [6, 6.07) is 7.01. The van der Waals surface area contributed by atoms with Gasteiger partial charge in [-0.05, 0) is 17.7 Å². The second-order valence-corrected chi connectivity index (χ2v) is 3.91. The number of benzene rings is 1. The Morgan fingerprint density at radius 2 is 1.94 bits per heavy atom. The highest BCUT2D eigenvalue weighted by Gasteiger charge is 2.16. The molecular weight excluding hydrogens is 242 g/mol. The number of aliphatic hydroxyl groups is 2. The fourth-order valence-electron chi connectivity index (χ4n) is 1.47. The van der Waals surface area contributed by atoms with E-state index in [1.807, 2.05) is 0 Å². The van der Waals surface area contributed by atoms with Gasteiger partial charge in [-0.2, -0.15) is 5.10 Å². The minimum Gasteiger partial charge on any atom is -0.389 e. The largest absolute Gasteiger partial charge is 0.389 e. The van der Waals surface area contributed by atoms with Gasteiger partial charge in [0.1, 0.15) is 18.8 Å². The Kier molecular flexibility index (Phi) is 3.73. The summed E-state index contributed by atoms with van der Waals surface area (Å²) < 4.78 is 1.61. The smallest absolute Gasteiger partial charge is 0.138 e. The van der Waals surface area contributed by atoms with Crippen LogP contribution in [0.15, 0.2) is 36.9 Å². The molecule has 17 heavy (non-hydrogen) atoms. The minimum atomic E-state index is -0.975. The lowest BCUT2D eigenvalue weighted by Crippen LogP contribution is -2.19. The second-order valence-electron chi connectivity index (χ2n) is 3.60. The Hall–Kier alpha value is -1.43. The summed E-state index contributed by atoms with van der Waals surface area (Å²) in [5.41, 5.74) is 1.45. The Morgan fingerprint density at radius 1 is 1.24 bits per heavy atom. The molecule has 1 heterocycles. The third kappa shape index (κ3) is 2.63. The van der Waals surface area contributed by atoms with Crippen molar-refractivity contribution in [1.82, 2.24) is 14.8 Å². The van der Waals surface area contributed by atoms with E-state index in [1.54, 1.807) is 35.3 Å². The molecule has 2 atom stereocenters. The van der Waals surface area contributed by atoms with Crippen molar-refractivity contribution < 1.29 is 10.2 Å². The molecule has 0 amide bonds. The van der Waals surface area contributed by atoms with Crippen molar-refractivity contribution in [3.05, 3.63) is 42.5 Å². The Morgan fingerprint density at radius 3 is 2.47 bits per heavy atom. The van der Waals surface area contributed by atoms with Crippen molar-refractivity contribution in [3.63, 3.8) is 0 Å². The first kappa shape index (κ1) is 12.0. The SMILES string of the molecule is OC(CCl)C(O)c1ccc(-n2cncn2)cc1. The number of aromatic nitrogens is 3. The predicted molar refractivity (Wildman–Crippen MR) is 63.0 cm³/mol. The third-order valence-electron chi connectivity index (χ3n) is 2.44. The van der Waals surface area contributed by atoms with Crippen molar-refractivity contribution >= 4 is 11.6 Å². The van der Waals surface area contributed by atoms with Crippen LogP contribution in [0.4, 0.5) is 0 Å². The Labute approximate surface area is 103 Å². The lowest BCUT2D eigenvalue weighted by atomic mass is 10.1. The molecule has 0 aliphatic carbocycles. The second kappa shape index (κ2) is 5.27. The van der Waals surface area contributed by atoms with Crippen molar-refractivity contribution in [2.75, 3.05) is 5.88 Å². The van der Waals surface area contributed by atoms with E-state index in [9.17, 15) is 10.2 Å². The summed E-state index contributed by atoms with van der Waals surface area (Å²) in [7, 11) is 0. The van der Waals surface area contributed by atoms with Crippen LogP contribution in [0.25, 0.3) is 5.69 Å². The van der Waals surface area contributed by atoms with Gasteiger partial charge in [-0.15, -0.1) is 11.6 Å². The number of nitrogens with zero attached hydrogens (tertiary/aromatic N) is 3. The van der Waals surface area contributed by atoms with Gasteiger partial charge in [0, 0.05) is 0 Å². The average molecular weight is 254 g/mol. The molecule has 1 aromatic carbocycles. The number of hydrogen-bond donors (Lipinski definition) is 2. The van der Waals surface area contributed by atoms with Gasteiger partial charge in [0.25, 0.3) is 0 Å². The molecule has 0 bridgehead atoms. The molecule has 6 heteroatoms. The van der Waals surface area contributed by atoms with Gasteiger partial charge in [0.15, 0.2) is 0 Å². The van der Waals surface area contributed by atoms with E-state index in [4.69, 9.17) is 11.6 Å². The molecule has 1 aromatic heterocycles. The molecule has 2 aromatic rings. The van der Waals surface area contributed by atoms with E-state index in [0.717, 1.165) is 5.69 Å². The van der Waals surface area contributed by atoms with Crippen molar-refractivity contribution in [2.45, 2.75) is 12.2 Å². The summed E-state index contributed by atoms with van der Waals surface area (Å²) in [4.78, 5) is 3.84. The lowest BCUT2D eigenvalue weighted by Gasteiger charge is -2.15. The van der Waals surface area contributed by atoms with Gasteiger partial charge in [0.2, 0.25) is 0 Å². The molecule has 0 saturated carbocycles. The zero-order valence-electron chi connectivity index (χ0n) is 8.94. The van der Waals surface area contributed by atoms with Crippen LogP contribution in [0.1, 0.15) is 11.7 Å². The van der Waals surface area contributed by atoms with Crippen LogP contribution in [-0.2, 0) is 0 Å². The quantitative estimate of drug-likeness (QED) is 0.795. The molecule has 2 N–H and O–H groups in total. The monoisotopic (exact) mass is 253 g/mol. The summed E-state index contributed by atoms with van der Waals surface area (Å²) in [5, 5.41) is 23.1. The maximum atomic E-state index is 9.74. The maximum Gasteiger partial charge on any atom is 0.138 e. The van der Waals surface area contributed by atoms with Gasteiger partial charge in [-0.25, -0.2) is 9.67 Å². The first-order valence-electron chi connectivity index (χ1n) is 5.09. The fourth-order valence-corrected chi connectivity index (χ4v) is 1.64. The summed E-state index contributed by atoms with van der Waals surface area (Å²) in [5.74, 6) is -0.00794. The zero-order chi connectivity index (χ0) is 12.3. The van der Waals surface area contributed by atoms with E-state index < -0.39 is 12.2 Å². The fraction of sp³-hybridized carbons (Fsp3) is 0.273. The molecule has 0 spiro atoms.